The minimum Gasteiger partial charge on any atom is -0.454 e. The van der Waals surface area contributed by atoms with Gasteiger partial charge in [0, 0.05) is 39.2 Å². The zero-order valence-corrected chi connectivity index (χ0v) is 49.0. The molecule has 0 fully saturated rings. The highest BCUT2D eigenvalue weighted by Crippen LogP contribution is 2.56. The number of anilines is 6. The van der Waals surface area contributed by atoms with E-state index in [2.05, 4.69) is 231 Å². The maximum Gasteiger partial charge on any atom is 0.252 e. The van der Waals surface area contributed by atoms with Gasteiger partial charge in [-0.3, -0.25) is 0 Å². The first-order valence-corrected chi connectivity index (χ1v) is 29.0. The summed E-state index contributed by atoms with van der Waals surface area (Å²) in [4.78, 5) is 5.41. The Morgan fingerprint density at radius 3 is 1.46 bits per heavy atom. The molecule has 7 aromatic carbocycles. The average Bonchev–Trinajstić information content (AvgIpc) is 3.83. The van der Waals surface area contributed by atoms with E-state index in [9.17, 15) is 0 Å². The lowest BCUT2D eigenvalue weighted by atomic mass is 9.33. The first kappa shape index (κ1) is 49.6. The minimum absolute atomic E-state index is 0.0102. The van der Waals surface area contributed by atoms with Gasteiger partial charge in [-0.1, -0.05) is 158 Å². The fourth-order valence-electron chi connectivity index (χ4n) is 15.2. The molecule has 3 heterocycles. The maximum absolute atomic E-state index is 7.64. The van der Waals surface area contributed by atoms with Gasteiger partial charge in [-0.15, -0.1) is 0 Å². The fourth-order valence-corrected chi connectivity index (χ4v) is 15.2. The van der Waals surface area contributed by atoms with Crippen molar-refractivity contribution in [3.8, 4) is 11.1 Å². The Labute approximate surface area is 455 Å². The van der Waals surface area contributed by atoms with Crippen LogP contribution in [0.5, 0.6) is 0 Å². The predicted molar refractivity (Wildman–Crippen MR) is 327 cm³/mol. The van der Waals surface area contributed by atoms with Crippen molar-refractivity contribution in [2.75, 3.05) is 9.80 Å². The van der Waals surface area contributed by atoms with Crippen molar-refractivity contribution in [1.29, 1.82) is 0 Å². The Bertz CT molecular complexity index is 3810. The van der Waals surface area contributed by atoms with E-state index < -0.39 is 0 Å². The van der Waals surface area contributed by atoms with Crippen LogP contribution in [0, 0.1) is 20.8 Å². The zero-order chi connectivity index (χ0) is 53.7. The quantitative estimate of drug-likeness (QED) is 0.164. The smallest absolute Gasteiger partial charge is 0.252 e. The van der Waals surface area contributed by atoms with Gasteiger partial charge >= 0.3 is 0 Å². The zero-order valence-electron chi connectivity index (χ0n) is 49.0. The van der Waals surface area contributed by atoms with Gasteiger partial charge in [0.2, 0.25) is 0 Å². The molecule has 0 atom stereocenters. The number of rotatable bonds is 4. The van der Waals surface area contributed by atoms with E-state index in [1.165, 1.54) is 154 Å². The standard InChI is InChI=1S/C72H81BN2O/c1-41(2)45-22-25-58-57(34-45)73-56-24-23-48-49-37-52-55(72(16,17)31-28-69(52,10)11)40-63(49)76-66(48)65(56)75(60-39-54-51(33-44(60)5)68(8,9)27-30-71(54,14)15)62-36-46(47-21-19-18-20-42(47)3)35-61(64(62)73)74(58)59-38-53-50(32-43(59)4)67(6,7)26-29-70(53,12)13/h18-25,32-41H,26-31H2,1-17H3. The molecule has 2 aliphatic heterocycles. The van der Waals surface area contributed by atoms with Crippen molar-refractivity contribution in [1.82, 2.24) is 0 Å². The fraction of sp³-hybridized carbons (Fsp3) is 0.417. The van der Waals surface area contributed by atoms with Gasteiger partial charge in [-0.05, 0) is 223 Å². The minimum atomic E-state index is -0.0579. The Morgan fingerprint density at radius 2 is 0.921 bits per heavy atom. The van der Waals surface area contributed by atoms with Crippen molar-refractivity contribution in [3.05, 3.63) is 159 Å². The molecule has 0 amide bonds. The molecule has 0 spiro atoms. The number of hydrogen-bond acceptors (Lipinski definition) is 3. The van der Waals surface area contributed by atoms with Crippen LogP contribution in [0.1, 0.15) is 197 Å². The third-order valence-corrected chi connectivity index (χ3v) is 20.6. The van der Waals surface area contributed by atoms with E-state index in [0.717, 1.165) is 24.0 Å². The highest BCUT2D eigenvalue weighted by Gasteiger charge is 2.48. The van der Waals surface area contributed by atoms with E-state index in [1.54, 1.807) is 0 Å². The second-order valence-corrected chi connectivity index (χ2v) is 28.9. The maximum atomic E-state index is 7.64. The third kappa shape index (κ3) is 7.06. The highest BCUT2D eigenvalue weighted by molar-refractivity contribution is 7.00. The second-order valence-electron chi connectivity index (χ2n) is 28.9. The van der Waals surface area contributed by atoms with Gasteiger partial charge in [0.1, 0.15) is 5.58 Å². The summed E-state index contributed by atoms with van der Waals surface area (Å²) in [6.45, 7) is 41.2. The largest absolute Gasteiger partial charge is 0.454 e. The van der Waals surface area contributed by atoms with Gasteiger partial charge in [0.05, 0.1) is 5.69 Å². The highest BCUT2D eigenvalue weighted by atomic mass is 16.3. The average molecular weight is 1000 g/mol. The summed E-state index contributed by atoms with van der Waals surface area (Å²) in [5, 5.41) is 2.42. The van der Waals surface area contributed by atoms with E-state index >= 15 is 0 Å². The van der Waals surface area contributed by atoms with Gasteiger partial charge < -0.3 is 14.2 Å². The summed E-state index contributed by atoms with van der Waals surface area (Å²) in [7, 11) is 0. The molecule has 3 nitrogen and oxygen atoms in total. The van der Waals surface area contributed by atoms with Crippen molar-refractivity contribution >= 4 is 79.2 Å². The predicted octanol–water partition coefficient (Wildman–Crippen LogP) is 18.4. The molecule has 388 valence electrons. The third-order valence-electron chi connectivity index (χ3n) is 20.6. The normalized spacial score (nSPS) is 19.7. The molecule has 0 radical (unpaired) electrons. The number of benzene rings is 7. The van der Waals surface area contributed by atoms with Crippen molar-refractivity contribution in [2.24, 2.45) is 0 Å². The van der Waals surface area contributed by atoms with Crippen molar-refractivity contribution in [3.63, 3.8) is 0 Å². The number of nitrogens with zero attached hydrogens (tertiary/aromatic N) is 2. The van der Waals surface area contributed by atoms with E-state index in [1.807, 2.05) is 0 Å². The molecule has 1 aromatic heterocycles. The molecule has 3 aliphatic carbocycles. The topological polar surface area (TPSA) is 19.6 Å². The lowest BCUT2D eigenvalue weighted by Gasteiger charge is -2.47. The van der Waals surface area contributed by atoms with Crippen LogP contribution in [0.3, 0.4) is 0 Å². The molecule has 5 aliphatic rings. The van der Waals surface area contributed by atoms with Gasteiger partial charge in [0.25, 0.3) is 6.71 Å². The molecule has 0 N–H and O–H groups in total. The van der Waals surface area contributed by atoms with E-state index in [-0.39, 0.29) is 39.2 Å². The van der Waals surface area contributed by atoms with Crippen LogP contribution in [0.4, 0.5) is 34.1 Å². The summed E-state index contributed by atoms with van der Waals surface area (Å²) in [5.41, 5.74) is 30.4. The Morgan fingerprint density at radius 1 is 0.434 bits per heavy atom. The van der Waals surface area contributed by atoms with Crippen LogP contribution in [0.2, 0.25) is 0 Å². The van der Waals surface area contributed by atoms with Gasteiger partial charge in [0.15, 0.2) is 5.58 Å². The molecule has 4 heteroatoms. The van der Waals surface area contributed by atoms with E-state index in [4.69, 9.17) is 4.42 Å². The molecule has 0 saturated carbocycles. The first-order valence-electron chi connectivity index (χ1n) is 29.0. The number of hydrogen-bond donors (Lipinski definition) is 0. The molecule has 0 bridgehead atoms. The van der Waals surface area contributed by atoms with Gasteiger partial charge in [-0.2, -0.15) is 0 Å². The molecule has 76 heavy (non-hydrogen) atoms. The molecule has 13 rings (SSSR count). The molecule has 8 aromatic rings. The Balaban J connectivity index is 1.20. The number of aryl methyl sites for hydroxylation is 3. The number of furan rings is 1. The van der Waals surface area contributed by atoms with Crippen molar-refractivity contribution < 1.29 is 4.42 Å². The monoisotopic (exact) mass is 1000 g/mol. The van der Waals surface area contributed by atoms with Crippen LogP contribution in [0.25, 0.3) is 33.1 Å². The van der Waals surface area contributed by atoms with Crippen molar-refractivity contribution in [2.45, 2.75) is 195 Å². The molecule has 0 saturated heterocycles. The molecular formula is C72H81BN2O. The van der Waals surface area contributed by atoms with Crippen LogP contribution < -0.4 is 26.2 Å². The number of fused-ring (bicyclic) bond motifs is 11. The molecule has 0 unspecified atom stereocenters. The summed E-state index contributed by atoms with van der Waals surface area (Å²) in [5.74, 6) is 0.360. The van der Waals surface area contributed by atoms with Crippen LogP contribution in [0.15, 0.2) is 108 Å². The second kappa shape index (κ2) is 16.1. The SMILES string of the molecule is Cc1ccccc1-c1cc2c3c(c1)N(c1cc4c(cc1C)C(C)(C)CCC4(C)C)c1c(ccc4c1oc1cc5c(cc14)C(C)(C)CCC5(C)C)B3c1cc(C(C)C)ccc1N2c1cc2c(cc1C)C(C)(C)CCC2(C)C. The van der Waals surface area contributed by atoms with Crippen LogP contribution in [-0.4, -0.2) is 6.71 Å². The Hall–Kier alpha value is -6.00. The molecular weight excluding hydrogens is 920 g/mol. The lowest BCUT2D eigenvalue weighted by molar-refractivity contribution is 0.332. The summed E-state index contributed by atoms with van der Waals surface area (Å²) >= 11 is 0. The van der Waals surface area contributed by atoms with Gasteiger partial charge in [-0.25, -0.2) is 0 Å². The summed E-state index contributed by atoms with van der Waals surface area (Å²) in [6.07, 6.45) is 7.00. The van der Waals surface area contributed by atoms with Crippen LogP contribution in [-0.2, 0) is 32.5 Å². The Kier molecular flexibility index (Phi) is 10.5. The first-order chi connectivity index (χ1) is 35.7. The van der Waals surface area contributed by atoms with Crippen LogP contribution >= 0.6 is 0 Å². The lowest BCUT2D eigenvalue weighted by Crippen LogP contribution is -2.61. The summed E-state index contributed by atoms with van der Waals surface area (Å²) in [6, 6.07) is 41.9. The summed E-state index contributed by atoms with van der Waals surface area (Å²) < 4.78 is 7.64. The van der Waals surface area contributed by atoms with E-state index in [0.29, 0.717) is 5.92 Å².